The molecule has 1 aliphatic heterocycles. The number of carbonyl (C=O) groups is 1. The average Bonchev–Trinajstić information content (AvgIpc) is 3.18. The molecule has 4 heterocycles. The highest BCUT2D eigenvalue weighted by Gasteiger charge is 2.35. The summed E-state index contributed by atoms with van der Waals surface area (Å²) in [7, 11) is 0. The molecule has 0 fully saturated rings. The molecule has 35 heavy (non-hydrogen) atoms. The number of rotatable bonds is 3. The Morgan fingerprint density at radius 3 is 2.31 bits per heavy atom. The zero-order chi connectivity index (χ0) is 25.0. The van der Waals surface area contributed by atoms with Crippen LogP contribution in [0.5, 0.6) is 0 Å². The number of esters is 1. The standard InChI is InChI=1S/C23H12F6N4O2/c24-22(25,26)11-3-5-12(6-4-11)31-18-13-7-8-15(19-14(23(27,28)29)2-1-9-30-19)32-20(13)33-16-10-35-21(34)17(16)18/h1-9H,10H2,(H,31,32,33). The van der Waals surface area contributed by atoms with Gasteiger partial charge in [0.05, 0.1) is 28.2 Å². The molecular formula is C23H12F6N4O2. The van der Waals surface area contributed by atoms with Gasteiger partial charge in [-0.3, -0.25) is 4.98 Å². The Morgan fingerprint density at radius 1 is 0.886 bits per heavy atom. The van der Waals surface area contributed by atoms with E-state index < -0.39 is 35.1 Å². The maximum atomic E-state index is 13.5. The zero-order valence-corrected chi connectivity index (χ0v) is 17.3. The molecule has 6 nitrogen and oxygen atoms in total. The van der Waals surface area contributed by atoms with E-state index in [1.807, 2.05) is 0 Å². The second-order valence-corrected chi connectivity index (χ2v) is 7.55. The maximum absolute atomic E-state index is 13.5. The van der Waals surface area contributed by atoms with Crippen LogP contribution in [-0.4, -0.2) is 20.9 Å². The predicted molar refractivity (Wildman–Crippen MR) is 112 cm³/mol. The molecule has 178 valence electrons. The van der Waals surface area contributed by atoms with Crippen molar-refractivity contribution in [2.75, 3.05) is 5.32 Å². The van der Waals surface area contributed by atoms with Gasteiger partial charge in [-0.05, 0) is 48.5 Å². The number of anilines is 2. The Bertz CT molecular complexity index is 1470. The molecule has 1 N–H and O–H groups in total. The molecule has 0 saturated carbocycles. The van der Waals surface area contributed by atoms with Gasteiger partial charge in [-0.25, -0.2) is 14.8 Å². The van der Waals surface area contributed by atoms with E-state index in [9.17, 15) is 31.1 Å². The van der Waals surface area contributed by atoms with Gasteiger partial charge in [-0.1, -0.05) is 0 Å². The first-order valence-electron chi connectivity index (χ1n) is 10.00. The van der Waals surface area contributed by atoms with Gasteiger partial charge in [0.1, 0.15) is 17.9 Å². The van der Waals surface area contributed by atoms with Crippen LogP contribution in [0.4, 0.5) is 37.7 Å². The largest absolute Gasteiger partial charge is 0.455 e. The normalized spacial score (nSPS) is 13.6. The fourth-order valence-corrected chi connectivity index (χ4v) is 3.71. The highest BCUT2D eigenvalue weighted by Crippen LogP contribution is 2.38. The number of carbonyl (C=O) groups excluding carboxylic acids is 1. The number of hydrogen-bond donors (Lipinski definition) is 1. The molecule has 0 saturated heterocycles. The number of benzene rings is 1. The van der Waals surface area contributed by atoms with Crippen LogP contribution in [0.2, 0.25) is 0 Å². The molecule has 0 aliphatic carbocycles. The molecule has 0 bridgehead atoms. The summed E-state index contributed by atoms with van der Waals surface area (Å²) in [5.41, 5.74) is -1.64. The van der Waals surface area contributed by atoms with Crippen molar-refractivity contribution >= 4 is 28.4 Å². The molecule has 1 aliphatic rings. The summed E-state index contributed by atoms with van der Waals surface area (Å²) < 4.78 is 84.1. The number of fused-ring (bicyclic) bond motifs is 2. The number of aromatic nitrogens is 3. The molecule has 0 radical (unpaired) electrons. The molecule has 3 aromatic heterocycles. The zero-order valence-electron chi connectivity index (χ0n) is 17.3. The lowest BCUT2D eigenvalue weighted by molar-refractivity contribution is -0.138. The summed E-state index contributed by atoms with van der Waals surface area (Å²) in [5, 5.41) is 3.17. The lowest BCUT2D eigenvalue weighted by Crippen LogP contribution is -2.09. The number of halogens is 6. The van der Waals surface area contributed by atoms with Crippen LogP contribution < -0.4 is 5.32 Å². The minimum Gasteiger partial charge on any atom is -0.455 e. The molecule has 0 atom stereocenters. The fraction of sp³-hybridized carbons (Fsp3) is 0.130. The Labute approximate surface area is 192 Å². The summed E-state index contributed by atoms with van der Waals surface area (Å²) in [6.07, 6.45) is -7.98. The van der Waals surface area contributed by atoms with Crippen LogP contribution in [0.1, 0.15) is 27.2 Å². The van der Waals surface area contributed by atoms with E-state index in [4.69, 9.17) is 4.74 Å². The quantitative estimate of drug-likeness (QED) is 0.275. The lowest BCUT2D eigenvalue weighted by Gasteiger charge is -2.15. The number of cyclic esters (lactones) is 1. The van der Waals surface area contributed by atoms with E-state index in [1.165, 1.54) is 30.5 Å². The minimum atomic E-state index is -4.67. The summed E-state index contributed by atoms with van der Waals surface area (Å²) in [4.78, 5) is 24.7. The molecule has 5 rings (SSSR count). The third-order valence-electron chi connectivity index (χ3n) is 5.31. The summed E-state index contributed by atoms with van der Waals surface area (Å²) in [6.45, 7) is -0.185. The van der Waals surface area contributed by atoms with Crippen molar-refractivity contribution in [3.63, 3.8) is 0 Å². The van der Waals surface area contributed by atoms with Crippen LogP contribution in [0.3, 0.4) is 0 Å². The van der Waals surface area contributed by atoms with E-state index in [2.05, 4.69) is 20.3 Å². The predicted octanol–water partition coefficient (Wildman–Crippen LogP) is 6.14. The van der Waals surface area contributed by atoms with Gasteiger partial charge in [0, 0.05) is 17.3 Å². The first kappa shape index (κ1) is 22.6. The molecule has 0 spiro atoms. The Hall–Kier alpha value is -4.22. The van der Waals surface area contributed by atoms with Gasteiger partial charge in [-0.15, -0.1) is 0 Å². The molecule has 1 aromatic carbocycles. The van der Waals surface area contributed by atoms with Crippen molar-refractivity contribution in [3.8, 4) is 11.4 Å². The van der Waals surface area contributed by atoms with Crippen LogP contribution in [-0.2, 0) is 23.7 Å². The topological polar surface area (TPSA) is 77.0 Å². The minimum absolute atomic E-state index is 0.00717. The smallest absolute Gasteiger partial charge is 0.418 e. The Kier molecular flexibility index (Phi) is 5.11. The number of hydrogen-bond acceptors (Lipinski definition) is 6. The lowest BCUT2D eigenvalue weighted by atomic mass is 10.1. The van der Waals surface area contributed by atoms with Gasteiger partial charge in [0.15, 0.2) is 5.65 Å². The number of ether oxygens (including phenoxy) is 1. The van der Waals surface area contributed by atoms with Crippen molar-refractivity contribution in [2.24, 2.45) is 0 Å². The van der Waals surface area contributed by atoms with Gasteiger partial charge in [0.2, 0.25) is 0 Å². The molecule has 0 amide bonds. The van der Waals surface area contributed by atoms with Crippen LogP contribution in [0, 0.1) is 0 Å². The molecule has 12 heteroatoms. The van der Waals surface area contributed by atoms with Gasteiger partial charge >= 0.3 is 18.3 Å². The Morgan fingerprint density at radius 2 is 1.63 bits per heavy atom. The monoisotopic (exact) mass is 490 g/mol. The summed E-state index contributed by atoms with van der Waals surface area (Å²) in [5.74, 6) is -0.697. The summed E-state index contributed by atoms with van der Waals surface area (Å²) >= 11 is 0. The average molecular weight is 490 g/mol. The van der Waals surface area contributed by atoms with Crippen molar-refractivity contribution < 1.29 is 35.9 Å². The first-order valence-corrected chi connectivity index (χ1v) is 10.00. The van der Waals surface area contributed by atoms with Crippen molar-refractivity contribution in [3.05, 3.63) is 77.1 Å². The van der Waals surface area contributed by atoms with E-state index in [1.54, 1.807) is 0 Å². The van der Waals surface area contributed by atoms with Crippen molar-refractivity contribution in [1.82, 2.24) is 15.0 Å². The van der Waals surface area contributed by atoms with E-state index in [0.717, 1.165) is 24.3 Å². The highest BCUT2D eigenvalue weighted by atomic mass is 19.4. The highest BCUT2D eigenvalue weighted by molar-refractivity contribution is 6.08. The molecular weight excluding hydrogens is 478 g/mol. The van der Waals surface area contributed by atoms with Crippen LogP contribution >= 0.6 is 0 Å². The van der Waals surface area contributed by atoms with E-state index in [0.29, 0.717) is 0 Å². The third kappa shape index (κ3) is 4.11. The van der Waals surface area contributed by atoms with Crippen molar-refractivity contribution in [2.45, 2.75) is 19.0 Å². The second-order valence-electron chi connectivity index (χ2n) is 7.55. The first-order chi connectivity index (χ1) is 16.5. The van der Waals surface area contributed by atoms with E-state index >= 15 is 0 Å². The molecule has 0 unspecified atom stereocenters. The fourth-order valence-electron chi connectivity index (χ4n) is 3.71. The van der Waals surface area contributed by atoms with Gasteiger partial charge in [0.25, 0.3) is 0 Å². The Balaban J connectivity index is 1.64. The van der Waals surface area contributed by atoms with Crippen LogP contribution in [0.25, 0.3) is 22.4 Å². The second kappa shape index (κ2) is 7.93. The summed E-state index contributed by atoms with van der Waals surface area (Å²) in [6, 6.07) is 8.88. The molecule has 4 aromatic rings. The number of alkyl halides is 6. The van der Waals surface area contributed by atoms with Crippen LogP contribution in [0.15, 0.2) is 54.7 Å². The maximum Gasteiger partial charge on any atom is 0.418 e. The SMILES string of the molecule is O=C1OCc2nc3nc(-c4ncccc4C(F)(F)F)ccc3c(Nc3ccc(C(F)(F)F)cc3)c21. The number of pyridine rings is 3. The third-order valence-corrected chi connectivity index (χ3v) is 5.31. The van der Waals surface area contributed by atoms with Gasteiger partial charge in [-0.2, -0.15) is 26.3 Å². The number of nitrogens with zero attached hydrogens (tertiary/aromatic N) is 3. The van der Waals surface area contributed by atoms with Crippen molar-refractivity contribution in [1.29, 1.82) is 0 Å². The van der Waals surface area contributed by atoms with Gasteiger partial charge < -0.3 is 10.1 Å². The van der Waals surface area contributed by atoms with E-state index in [-0.39, 0.29) is 46.0 Å². The number of nitrogens with one attached hydrogen (secondary N) is 1.